The van der Waals surface area contributed by atoms with E-state index in [1.807, 2.05) is 7.11 Å². The van der Waals surface area contributed by atoms with Gasteiger partial charge in [0.25, 0.3) is 5.91 Å². The molecule has 0 saturated heterocycles. The van der Waals surface area contributed by atoms with E-state index >= 15 is 0 Å². The number of fused-ring (bicyclic) bond motifs is 7. The smallest absolute Gasteiger partial charge is 0.251 e. The van der Waals surface area contributed by atoms with Crippen molar-refractivity contribution in [2.45, 2.75) is 83.8 Å². The van der Waals surface area contributed by atoms with Crippen LogP contribution in [0, 0.1) is 58.6 Å². The predicted molar refractivity (Wildman–Crippen MR) is 132 cm³/mol. The average Bonchev–Trinajstić information content (AvgIpc) is 3.57. The molecule has 11 atom stereocenters. The van der Waals surface area contributed by atoms with E-state index in [1.165, 1.54) is 69.9 Å². The van der Waals surface area contributed by atoms with E-state index < -0.39 is 0 Å². The van der Waals surface area contributed by atoms with E-state index in [2.05, 4.69) is 19.2 Å². The minimum atomic E-state index is -0.299. The van der Waals surface area contributed by atoms with Crippen molar-refractivity contribution in [3.8, 4) is 0 Å². The second-order valence-electron chi connectivity index (χ2n) is 12.7. The van der Waals surface area contributed by atoms with Crippen LogP contribution >= 0.6 is 0 Å². The molecule has 0 aromatic heterocycles. The lowest BCUT2D eigenvalue weighted by atomic mass is 9.44. The molecule has 1 aromatic rings. The maximum atomic E-state index is 13.3. The number of carbonyl (C=O) groups is 1. The molecule has 5 unspecified atom stereocenters. The molecule has 0 bridgehead atoms. The molecule has 186 valence electrons. The average molecular weight is 468 g/mol. The van der Waals surface area contributed by atoms with E-state index in [4.69, 9.17) is 4.74 Å². The summed E-state index contributed by atoms with van der Waals surface area (Å²) in [7, 11) is 1.92. The molecule has 5 aliphatic carbocycles. The Hall–Kier alpha value is -1.42. The maximum Gasteiger partial charge on any atom is 0.251 e. The number of amides is 1. The first-order valence-electron chi connectivity index (χ1n) is 14.0. The molecular formula is C30H42FNO2. The topological polar surface area (TPSA) is 38.3 Å². The predicted octanol–water partition coefficient (Wildman–Crippen LogP) is 6.47. The molecule has 5 fully saturated rings. The lowest BCUT2D eigenvalue weighted by molar-refractivity contribution is -0.114. The van der Waals surface area contributed by atoms with Crippen molar-refractivity contribution in [2.24, 2.45) is 52.8 Å². The molecule has 34 heavy (non-hydrogen) atoms. The van der Waals surface area contributed by atoms with Crippen molar-refractivity contribution in [3.05, 3.63) is 35.6 Å². The van der Waals surface area contributed by atoms with E-state index in [9.17, 15) is 9.18 Å². The quantitative estimate of drug-likeness (QED) is 0.551. The first-order chi connectivity index (χ1) is 16.4. The van der Waals surface area contributed by atoms with Crippen LogP contribution in [0.25, 0.3) is 0 Å². The zero-order chi connectivity index (χ0) is 23.6. The Labute approximate surface area is 204 Å². The van der Waals surface area contributed by atoms with Gasteiger partial charge in [0.15, 0.2) is 0 Å². The second kappa shape index (κ2) is 8.61. The van der Waals surface area contributed by atoms with Crippen LogP contribution < -0.4 is 5.32 Å². The summed E-state index contributed by atoms with van der Waals surface area (Å²) in [5.74, 6) is 6.31. The summed E-state index contributed by atoms with van der Waals surface area (Å²) in [6, 6.07) is 6.07. The fourth-order valence-electron chi connectivity index (χ4n) is 10.1. The third-order valence-electron chi connectivity index (χ3n) is 11.6. The summed E-state index contributed by atoms with van der Waals surface area (Å²) in [6.45, 7) is 4.77. The van der Waals surface area contributed by atoms with Crippen molar-refractivity contribution < 1.29 is 13.9 Å². The molecule has 6 rings (SSSR count). The highest BCUT2D eigenvalue weighted by Crippen LogP contribution is 2.67. The van der Waals surface area contributed by atoms with Crippen molar-refractivity contribution in [2.75, 3.05) is 7.11 Å². The molecule has 0 radical (unpaired) electrons. The standard InChI is InChI=1S/C30H42FNO2/c1-17(32-29(33)18-7-9-19(31)10-8-18)25-5-4-6-26-22-12-13-23-20(21(22)15-16-30(25,26)2)11-14-24-27(23)28(24)34-3/h7-10,17,20-28H,4-6,11-16H2,1-3H3,(H,32,33)/t17-,20-,21?,22-,23?,24+,25-,26?,27?,28?,30-/m1/s1. The maximum absolute atomic E-state index is 13.3. The van der Waals surface area contributed by atoms with Gasteiger partial charge in [-0.05, 0) is 135 Å². The Kier molecular flexibility index (Phi) is 5.82. The van der Waals surface area contributed by atoms with Gasteiger partial charge >= 0.3 is 0 Å². The van der Waals surface area contributed by atoms with Crippen LogP contribution in [0.1, 0.15) is 82.0 Å². The summed E-state index contributed by atoms with van der Waals surface area (Å²) in [4.78, 5) is 12.9. The van der Waals surface area contributed by atoms with E-state index in [-0.39, 0.29) is 17.8 Å². The molecular weight excluding hydrogens is 425 g/mol. The normalized spacial score (nSPS) is 45.7. The molecule has 1 N–H and O–H groups in total. The Bertz CT molecular complexity index is 913. The zero-order valence-corrected chi connectivity index (χ0v) is 21.1. The highest BCUT2D eigenvalue weighted by Gasteiger charge is 2.63. The van der Waals surface area contributed by atoms with Gasteiger partial charge in [0.1, 0.15) is 5.82 Å². The minimum absolute atomic E-state index is 0.0682. The van der Waals surface area contributed by atoms with Gasteiger partial charge in [0.05, 0.1) is 6.10 Å². The van der Waals surface area contributed by atoms with E-state index in [0.29, 0.717) is 23.0 Å². The third-order valence-corrected chi connectivity index (χ3v) is 11.6. The Morgan fingerprint density at radius 3 is 2.41 bits per heavy atom. The van der Waals surface area contributed by atoms with Crippen LogP contribution in [0.3, 0.4) is 0 Å². The van der Waals surface area contributed by atoms with Crippen LogP contribution in [0.5, 0.6) is 0 Å². The molecule has 0 aliphatic heterocycles. The van der Waals surface area contributed by atoms with E-state index in [0.717, 1.165) is 41.4 Å². The number of hydrogen-bond acceptors (Lipinski definition) is 2. The molecule has 1 amide bonds. The SMILES string of the molecule is COC1C2C3CC[C@@H]4C(CC[C@@]5(C)C4CCC[C@@H]5[C@@H](C)NC(=O)c4ccc(F)cc4)[C@H]3CC[C@H]12. The number of carbonyl (C=O) groups excluding carboxylic acids is 1. The number of hydrogen-bond donors (Lipinski definition) is 1. The number of halogens is 1. The lowest BCUT2D eigenvalue weighted by Gasteiger charge is -2.61. The van der Waals surface area contributed by atoms with Crippen LogP contribution in [-0.4, -0.2) is 25.2 Å². The van der Waals surface area contributed by atoms with Crippen LogP contribution in [-0.2, 0) is 4.74 Å². The third kappa shape index (κ3) is 3.57. The largest absolute Gasteiger partial charge is 0.381 e. The Balaban J connectivity index is 1.17. The van der Waals surface area contributed by atoms with Crippen LogP contribution in [0.2, 0.25) is 0 Å². The fraction of sp³-hybridized carbons (Fsp3) is 0.767. The van der Waals surface area contributed by atoms with Gasteiger partial charge in [0.2, 0.25) is 0 Å². The van der Waals surface area contributed by atoms with Crippen molar-refractivity contribution in [1.82, 2.24) is 5.32 Å². The fourth-order valence-corrected chi connectivity index (χ4v) is 10.1. The van der Waals surface area contributed by atoms with Gasteiger partial charge in [-0.25, -0.2) is 4.39 Å². The highest BCUT2D eigenvalue weighted by molar-refractivity contribution is 5.94. The molecule has 4 heteroatoms. The summed E-state index contributed by atoms with van der Waals surface area (Å²) in [5, 5.41) is 3.31. The summed E-state index contributed by atoms with van der Waals surface area (Å²) >= 11 is 0. The van der Waals surface area contributed by atoms with Crippen molar-refractivity contribution in [1.29, 1.82) is 0 Å². The Morgan fingerprint density at radius 2 is 1.65 bits per heavy atom. The zero-order valence-electron chi connectivity index (χ0n) is 21.1. The molecule has 5 saturated carbocycles. The second-order valence-corrected chi connectivity index (χ2v) is 12.7. The number of ether oxygens (including phenoxy) is 1. The number of rotatable bonds is 4. The minimum Gasteiger partial charge on any atom is -0.381 e. The highest BCUT2D eigenvalue weighted by atomic mass is 19.1. The molecule has 5 aliphatic rings. The van der Waals surface area contributed by atoms with Gasteiger partial charge in [-0.2, -0.15) is 0 Å². The van der Waals surface area contributed by atoms with E-state index in [1.54, 1.807) is 12.1 Å². The van der Waals surface area contributed by atoms with Crippen LogP contribution in [0.15, 0.2) is 24.3 Å². The van der Waals surface area contributed by atoms with Gasteiger partial charge in [-0.15, -0.1) is 0 Å². The number of benzene rings is 1. The first-order valence-corrected chi connectivity index (χ1v) is 14.0. The number of nitrogens with one attached hydrogen (secondary N) is 1. The molecule has 0 spiro atoms. The van der Waals surface area contributed by atoms with Gasteiger partial charge < -0.3 is 10.1 Å². The van der Waals surface area contributed by atoms with Crippen molar-refractivity contribution >= 4 is 5.91 Å². The van der Waals surface area contributed by atoms with Crippen LogP contribution in [0.4, 0.5) is 4.39 Å². The van der Waals surface area contributed by atoms with Crippen molar-refractivity contribution in [3.63, 3.8) is 0 Å². The molecule has 0 heterocycles. The van der Waals surface area contributed by atoms with Gasteiger partial charge in [0, 0.05) is 18.7 Å². The monoisotopic (exact) mass is 467 g/mol. The number of methoxy groups -OCH3 is 1. The Morgan fingerprint density at radius 1 is 0.971 bits per heavy atom. The molecule has 1 aromatic carbocycles. The summed E-state index contributed by atoms with van der Waals surface area (Å²) < 4.78 is 19.2. The van der Waals surface area contributed by atoms with Gasteiger partial charge in [-0.3, -0.25) is 4.79 Å². The molecule has 3 nitrogen and oxygen atoms in total. The summed E-state index contributed by atoms with van der Waals surface area (Å²) in [6.07, 6.45) is 12.8. The summed E-state index contributed by atoms with van der Waals surface area (Å²) in [5.41, 5.74) is 0.867. The first kappa shape index (κ1) is 23.0. The lowest BCUT2D eigenvalue weighted by Crippen LogP contribution is -2.56. The van der Waals surface area contributed by atoms with Gasteiger partial charge in [-0.1, -0.05) is 13.3 Å².